The van der Waals surface area contributed by atoms with Gasteiger partial charge in [0.1, 0.15) is 11.9 Å². The number of anilines is 1. The van der Waals surface area contributed by atoms with Gasteiger partial charge in [0.2, 0.25) is 5.95 Å². The molecule has 1 aliphatic rings. The minimum absolute atomic E-state index is 0.0134. The summed E-state index contributed by atoms with van der Waals surface area (Å²) in [4.78, 5) is 34.5. The van der Waals surface area contributed by atoms with Crippen molar-refractivity contribution in [2.24, 2.45) is 5.92 Å². The monoisotopic (exact) mass is 393 g/mol. The maximum absolute atomic E-state index is 14.7. The first-order chi connectivity index (χ1) is 13.9. The van der Waals surface area contributed by atoms with E-state index in [1.54, 1.807) is 24.3 Å². The van der Waals surface area contributed by atoms with E-state index in [1.165, 1.54) is 18.2 Å². The highest BCUT2D eigenvalue weighted by atomic mass is 19.1. The summed E-state index contributed by atoms with van der Waals surface area (Å²) in [5, 5.41) is 10.6. The number of ketones is 1. The van der Waals surface area contributed by atoms with Gasteiger partial charge >= 0.3 is 0 Å². The molecule has 6 nitrogen and oxygen atoms in total. The predicted octanol–water partition coefficient (Wildman–Crippen LogP) is 4.22. The van der Waals surface area contributed by atoms with Crippen LogP contribution in [0.4, 0.5) is 10.3 Å². The summed E-state index contributed by atoms with van der Waals surface area (Å²) in [7, 11) is 0. The van der Waals surface area contributed by atoms with Crippen LogP contribution in [-0.4, -0.2) is 26.8 Å². The summed E-state index contributed by atoms with van der Waals surface area (Å²) in [6.07, 6.45) is 0.131. The number of aromatic nitrogens is 2. The Kier molecular flexibility index (Phi) is 4.66. The van der Waals surface area contributed by atoms with Crippen LogP contribution >= 0.6 is 0 Å². The fourth-order valence-corrected chi connectivity index (χ4v) is 3.63. The summed E-state index contributed by atoms with van der Waals surface area (Å²) in [5.74, 6) is -2.26. The first kappa shape index (κ1) is 18.9. The fourth-order valence-electron chi connectivity index (χ4n) is 3.63. The minimum Gasteiger partial charge on any atom is -0.503 e. The molecule has 3 aromatic rings. The maximum Gasteiger partial charge on any atom is 0.296 e. The van der Waals surface area contributed by atoms with Gasteiger partial charge in [-0.15, -0.1) is 0 Å². The second kappa shape index (κ2) is 7.16. The first-order valence-electron chi connectivity index (χ1n) is 9.37. The number of halogens is 1. The number of aliphatic hydroxyl groups is 1. The number of aliphatic hydroxyl groups excluding tert-OH is 1. The van der Waals surface area contributed by atoms with E-state index in [1.807, 2.05) is 19.9 Å². The van der Waals surface area contributed by atoms with Crippen molar-refractivity contribution in [2.45, 2.75) is 26.3 Å². The molecule has 7 heteroatoms. The molecule has 29 heavy (non-hydrogen) atoms. The third-order valence-corrected chi connectivity index (χ3v) is 4.91. The van der Waals surface area contributed by atoms with Crippen LogP contribution < -0.4 is 4.90 Å². The molecule has 1 aliphatic heterocycles. The molecule has 0 aliphatic carbocycles. The zero-order chi connectivity index (χ0) is 20.7. The first-order valence-corrected chi connectivity index (χ1v) is 9.37. The molecule has 148 valence electrons. The number of H-pyrrole nitrogens is 1. The van der Waals surface area contributed by atoms with E-state index < -0.39 is 29.3 Å². The Balaban J connectivity index is 1.89. The number of hydrogen-bond acceptors (Lipinski definition) is 4. The Bertz CT molecular complexity index is 1120. The number of imidazole rings is 1. The Morgan fingerprint density at radius 3 is 2.59 bits per heavy atom. The minimum atomic E-state index is -1.10. The van der Waals surface area contributed by atoms with Crippen molar-refractivity contribution in [3.63, 3.8) is 0 Å². The van der Waals surface area contributed by atoms with E-state index in [-0.39, 0.29) is 29.4 Å². The molecule has 0 saturated carbocycles. The lowest BCUT2D eigenvalue weighted by atomic mass is 9.92. The third kappa shape index (κ3) is 3.18. The van der Waals surface area contributed by atoms with Gasteiger partial charge in [0.25, 0.3) is 5.91 Å². The molecule has 0 fully saturated rings. The van der Waals surface area contributed by atoms with Gasteiger partial charge in [-0.05, 0) is 24.1 Å². The number of fused-ring (bicyclic) bond motifs is 1. The Morgan fingerprint density at radius 2 is 1.90 bits per heavy atom. The number of benzene rings is 2. The number of Topliss-reactive ketones (excluding diaryl/α,β-unsaturated/α-hetero) is 1. The SMILES string of the molecule is CC(C)CC(=O)C1=C(O)C(=O)N(c2nc3ccccc3[nH]2)C1c1ccccc1F. The van der Waals surface area contributed by atoms with Gasteiger partial charge in [0, 0.05) is 12.0 Å². The van der Waals surface area contributed by atoms with E-state index in [4.69, 9.17) is 0 Å². The number of nitrogens with zero attached hydrogens (tertiary/aromatic N) is 2. The van der Waals surface area contributed by atoms with Crippen molar-refractivity contribution in [1.82, 2.24) is 9.97 Å². The number of nitrogens with one attached hydrogen (secondary N) is 1. The molecule has 0 spiro atoms. The second-order valence-corrected chi connectivity index (χ2v) is 7.46. The maximum atomic E-state index is 14.7. The summed E-state index contributed by atoms with van der Waals surface area (Å²) in [6.45, 7) is 3.73. The van der Waals surface area contributed by atoms with Crippen LogP contribution in [0.5, 0.6) is 0 Å². The molecule has 0 saturated heterocycles. The van der Waals surface area contributed by atoms with Crippen molar-refractivity contribution in [2.75, 3.05) is 4.90 Å². The number of aromatic amines is 1. The molecular weight excluding hydrogens is 373 g/mol. The number of carbonyl (C=O) groups is 2. The summed E-state index contributed by atoms with van der Waals surface area (Å²) < 4.78 is 14.7. The Morgan fingerprint density at radius 1 is 1.21 bits per heavy atom. The van der Waals surface area contributed by atoms with Crippen molar-refractivity contribution >= 4 is 28.7 Å². The number of carbonyl (C=O) groups excluding carboxylic acids is 2. The highest BCUT2D eigenvalue weighted by Crippen LogP contribution is 2.41. The molecule has 1 unspecified atom stereocenters. The number of hydrogen-bond donors (Lipinski definition) is 2. The highest BCUT2D eigenvalue weighted by Gasteiger charge is 2.46. The molecule has 2 N–H and O–H groups in total. The Labute approximate surface area is 166 Å². The molecule has 2 aromatic carbocycles. The highest BCUT2D eigenvalue weighted by molar-refractivity contribution is 6.16. The lowest BCUT2D eigenvalue weighted by Gasteiger charge is -2.25. The molecule has 1 aromatic heterocycles. The van der Waals surface area contributed by atoms with Crippen molar-refractivity contribution in [1.29, 1.82) is 0 Å². The van der Waals surface area contributed by atoms with Crippen molar-refractivity contribution in [3.8, 4) is 0 Å². The van der Waals surface area contributed by atoms with Gasteiger partial charge in [0.05, 0.1) is 16.6 Å². The normalized spacial score (nSPS) is 17.0. The average Bonchev–Trinajstić information content (AvgIpc) is 3.20. The standard InChI is InChI=1S/C22H20FN3O3/c1-12(2)11-17(27)18-19(13-7-3-4-8-14(13)23)26(21(29)20(18)28)22-24-15-9-5-6-10-16(15)25-22/h3-10,12,19,28H,11H2,1-2H3,(H,24,25). The van der Waals surface area contributed by atoms with Crippen molar-refractivity contribution in [3.05, 3.63) is 71.2 Å². The third-order valence-electron chi connectivity index (χ3n) is 4.91. The fraction of sp³-hybridized carbons (Fsp3) is 0.227. The smallest absolute Gasteiger partial charge is 0.296 e. The topological polar surface area (TPSA) is 86.3 Å². The summed E-state index contributed by atoms with van der Waals surface area (Å²) in [5.41, 5.74) is 1.32. The summed E-state index contributed by atoms with van der Waals surface area (Å²) in [6, 6.07) is 12.0. The molecule has 1 atom stereocenters. The predicted molar refractivity (Wildman–Crippen MR) is 107 cm³/mol. The van der Waals surface area contributed by atoms with Crippen LogP contribution in [-0.2, 0) is 9.59 Å². The van der Waals surface area contributed by atoms with Gasteiger partial charge in [0.15, 0.2) is 11.5 Å². The van der Waals surface area contributed by atoms with E-state index in [0.717, 1.165) is 4.90 Å². The van der Waals surface area contributed by atoms with Crippen LogP contribution in [0.15, 0.2) is 59.9 Å². The molecule has 0 bridgehead atoms. The van der Waals surface area contributed by atoms with Gasteiger partial charge in [-0.1, -0.05) is 44.2 Å². The molecule has 4 rings (SSSR count). The van der Waals surface area contributed by atoms with E-state index in [2.05, 4.69) is 9.97 Å². The summed E-state index contributed by atoms with van der Waals surface area (Å²) >= 11 is 0. The molecule has 0 radical (unpaired) electrons. The second-order valence-electron chi connectivity index (χ2n) is 7.46. The van der Waals surface area contributed by atoms with E-state index >= 15 is 0 Å². The van der Waals surface area contributed by atoms with Gasteiger partial charge in [-0.3, -0.25) is 14.5 Å². The lowest BCUT2D eigenvalue weighted by molar-refractivity contribution is -0.118. The van der Waals surface area contributed by atoms with Crippen molar-refractivity contribution < 1.29 is 19.1 Å². The number of para-hydroxylation sites is 2. The average molecular weight is 393 g/mol. The van der Waals surface area contributed by atoms with Crippen LogP contribution in [0.1, 0.15) is 31.9 Å². The largest absolute Gasteiger partial charge is 0.503 e. The molecule has 2 heterocycles. The van der Waals surface area contributed by atoms with Gasteiger partial charge in [-0.25, -0.2) is 9.37 Å². The van der Waals surface area contributed by atoms with Crippen LogP contribution in [0.25, 0.3) is 11.0 Å². The van der Waals surface area contributed by atoms with Gasteiger partial charge in [-0.2, -0.15) is 0 Å². The van der Waals surface area contributed by atoms with Crippen LogP contribution in [0, 0.1) is 11.7 Å². The van der Waals surface area contributed by atoms with E-state index in [9.17, 15) is 19.1 Å². The number of rotatable bonds is 5. The lowest BCUT2D eigenvalue weighted by Crippen LogP contribution is -2.32. The number of amides is 1. The molecule has 1 amide bonds. The quantitative estimate of drug-likeness (QED) is 0.680. The zero-order valence-electron chi connectivity index (χ0n) is 16.0. The zero-order valence-corrected chi connectivity index (χ0v) is 16.0. The Hall–Kier alpha value is -3.48. The van der Waals surface area contributed by atoms with Gasteiger partial charge < -0.3 is 10.1 Å². The van der Waals surface area contributed by atoms with Crippen LogP contribution in [0.3, 0.4) is 0 Å². The van der Waals surface area contributed by atoms with E-state index in [0.29, 0.717) is 11.0 Å². The molecular formula is C22H20FN3O3. The van der Waals surface area contributed by atoms with Crippen LogP contribution in [0.2, 0.25) is 0 Å².